The van der Waals surface area contributed by atoms with Gasteiger partial charge in [0.2, 0.25) is 0 Å². The molecular formula is C13H15F2NO4. The van der Waals surface area contributed by atoms with E-state index in [4.69, 9.17) is 4.74 Å². The van der Waals surface area contributed by atoms with Crippen LogP contribution in [0.5, 0.6) is 5.75 Å². The molecule has 1 rings (SSSR count). The lowest BCUT2D eigenvalue weighted by molar-refractivity contribution is 0.0634. The van der Waals surface area contributed by atoms with Crippen LogP contribution in [0.3, 0.4) is 0 Å². The molecule has 0 bridgehead atoms. The van der Waals surface area contributed by atoms with Gasteiger partial charge in [0.1, 0.15) is 11.3 Å². The Morgan fingerprint density at radius 2 is 1.95 bits per heavy atom. The molecule has 1 N–H and O–H groups in total. The van der Waals surface area contributed by atoms with Crippen LogP contribution in [0, 0.1) is 11.6 Å². The molecule has 0 saturated carbocycles. The van der Waals surface area contributed by atoms with Gasteiger partial charge in [0.25, 0.3) is 0 Å². The van der Waals surface area contributed by atoms with Crippen molar-refractivity contribution < 1.29 is 27.8 Å². The van der Waals surface area contributed by atoms with Gasteiger partial charge in [-0.2, -0.15) is 0 Å². The van der Waals surface area contributed by atoms with E-state index in [1.54, 1.807) is 20.8 Å². The van der Waals surface area contributed by atoms with Gasteiger partial charge >= 0.3 is 6.09 Å². The summed E-state index contributed by atoms with van der Waals surface area (Å²) in [7, 11) is 1.13. The van der Waals surface area contributed by atoms with Crippen molar-refractivity contribution in [3.8, 4) is 5.75 Å². The second-order valence-electron chi connectivity index (χ2n) is 4.91. The summed E-state index contributed by atoms with van der Waals surface area (Å²) in [5, 5.41) is 1.95. The van der Waals surface area contributed by atoms with E-state index in [1.165, 1.54) is 0 Å². The van der Waals surface area contributed by atoms with Gasteiger partial charge in [-0.3, -0.25) is 10.1 Å². The number of nitrogens with one attached hydrogen (secondary N) is 1. The third kappa shape index (κ3) is 3.66. The maximum Gasteiger partial charge on any atom is 0.412 e. The van der Waals surface area contributed by atoms with E-state index in [0.717, 1.165) is 13.2 Å². The Bertz CT molecular complexity index is 538. The summed E-state index contributed by atoms with van der Waals surface area (Å²) in [5.41, 5.74) is -1.84. The molecule has 0 radical (unpaired) electrons. The Morgan fingerprint density at radius 1 is 1.35 bits per heavy atom. The highest BCUT2D eigenvalue weighted by atomic mass is 19.1. The third-order valence-corrected chi connectivity index (χ3v) is 2.16. The molecule has 0 spiro atoms. The molecule has 5 nitrogen and oxygen atoms in total. The number of amides is 1. The van der Waals surface area contributed by atoms with Crippen LogP contribution in [-0.2, 0) is 4.74 Å². The number of halogens is 2. The van der Waals surface area contributed by atoms with Crippen LogP contribution in [0.2, 0.25) is 0 Å². The van der Waals surface area contributed by atoms with Crippen molar-refractivity contribution in [2.24, 2.45) is 0 Å². The topological polar surface area (TPSA) is 64.6 Å². The second kappa shape index (κ2) is 5.85. The molecule has 1 amide bonds. The van der Waals surface area contributed by atoms with E-state index in [2.05, 4.69) is 4.74 Å². The first-order valence-corrected chi connectivity index (χ1v) is 5.70. The fourth-order valence-electron chi connectivity index (χ4n) is 1.43. The number of benzene rings is 1. The van der Waals surface area contributed by atoms with Gasteiger partial charge in [-0.25, -0.2) is 13.6 Å². The molecule has 0 atom stereocenters. The molecule has 0 aliphatic heterocycles. The molecule has 1 aromatic rings. The fraction of sp³-hybridized carbons (Fsp3) is 0.385. The summed E-state index contributed by atoms with van der Waals surface area (Å²) < 4.78 is 37.2. The minimum atomic E-state index is -1.18. The predicted octanol–water partition coefficient (Wildman–Crippen LogP) is 3.13. The average molecular weight is 287 g/mol. The van der Waals surface area contributed by atoms with Crippen molar-refractivity contribution >= 4 is 18.1 Å². The number of carbonyl (C=O) groups is 2. The van der Waals surface area contributed by atoms with E-state index >= 15 is 0 Å². The van der Waals surface area contributed by atoms with Crippen LogP contribution in [0.4, 0.5) is 19.3 Å². The van der Waals surface area contributed by atoms with Crippen LogP contribution < -0.4 is 10.1 Å². The monoisotopic (exact) mass is 287 g/mol. The summed E-state index contributed by atoms with van der Waals surface area (Å²) in [6.07, 6.45) is -0.765. The minimum absolute atomic E-state index is 0.252. The summed E-state index contributed by atoms with van der Waals surface area (Å²) in [4.78, 5) is 22.2. The third-order valence-electron chi connectivity index (χ3n) is 2.16. The summed E-state index contributed by atoms with van der Waals surface area (Å²) in [5.74, 6) is -2.73. The Morgan fingerprint density at radius 3 is 2.40 bits per heavy atom. The van der Waals surface area contributed by atoms with Crippen molar-refractivity contribution in [2.75, 3.05) is 12.4 Å². The highest BCUT2D eigenvalue weighted by Gasteiger charge is 2.23. The van der Waals surface area contributed by atoms with Crippen LogP contribution in [0.1, 0.15) is 31.1 Å². The first-order valence-electron chi connectivity index (χ1n) is 5.70. The minimum Gasteiger partial charge on any atom is -0.493 e. The molecule has 20 heavy (non-hydrogen) atoms. The SMILES string of the molecule is COc1c(C=O)cc(F)c(NC(=O)OC(C)(C)C)c1F. The number of ether oxygens (including phenoxy) is 2. The highest BCUT2D eigenvalue weighted by Crippen LogP contribution is 2.31. The predicted molar refractivity (Wildman–Crippen MR) is 68.2 cm³/mol. The fourth-order valence-corrected chi connectivity index (χ4v) is 1.43. The normalized spacial score (nSPS) is 10.9. The molecular weight excluding hydrogens is 272 g/mol. The van der Waals surface area contributed by atoms with Gasteiger partial charge < -0.3 is 9.47 Å². The number of carbonyl (C=O) groups excluding carboxylic acids is 2. The number of aldehydes is 1. The summed E-state index contributed by atoms with van der Waals surface area (Å²) in [6, 6.07) is 0.765. The second-order valence-corrected chi connectivity index (χ2v) is 4.91. The molecule has 7 heteroatoms. The van der Waals surface area contributed by atoms with Gasteiger partial charge in [0, 0.05) is 0 Å². The summed E-state index contributed by atoms with van der Waals surface area (Å²) in [6.45, 7) is 4.82. The smallest absolute Gasteiger partial charge is 0.412 e. The largest absolute Gasteiger partial charge is 0.493 e. The maximum absolute atomic E-state index is 14.0. The van der Waals surface area contributed by atoms with Gasteiger partial charge in [0.15, 0.2) is 23.7 Å². The highest BCUT2D eigenvalue weighted by molar-refractivity contribution is 5.88. The Balaban J connectivity index is 3.13. The molecule has 0 fully saturated rings. The van der Waals surface area contributed by atoms with Crippen molar-refractivity contribution in [3.05, 3.63) is 23.3 Å². The molecule has 110 valence electrons. The molecule has 0 aliphatic rings. The Hall–Kier alpha value is -2.18. The van der Waals surface area contributed by atoms with Gasteiger partial charge in [-0.15, -0.1) is 0 Å². The van der Waals surface area contributed by atoms with Crippen molar-refractivity contribution in [2.45, 2.75) is 26.4 Å². The Labute approximate surface area is 114 Å². The molecule has 0 aliphatic carbocycles. The standard InChI is InChI=1S/C13H15F2NO4/c1-13(2,3)20-12(18)16-10-8(14)5-7(6-17)11(19-4)9(10)15/h5-6H,1-4H3,(H,16,18). The first kappa shape index (κ1) is 15.9. The van der Waals surface area contributed by atoms with Crippen LogP contribution in [0.25, 0.3) is 0 Å². The van der Waals surface area contributed by atoms with E-state index in [-0.39, 0.29) is 11.8 Å². The van der Waals surface area contributed by atoms with Gasteiger partial charge in [-0.1, -0.05) is 0 Å². The zero-order valence-electron chi connectivity index (χ0n) is 11.5. The Kier molecular flexibility index (Phi) is 4.65. The molecule has 1 aromatic carbocycles. The zero-order valence-corrected chi connectivity index (χ0v) is 11.5. The van der Waals surface area contributed by atoms with E-state index in [1.807, 2.05) is 5.32 Å². The quantitative estimate of drug-likeness (QED) is 0.867. The van der Waals surface area contributed by atoms with Gasteiger partial charge in [0.05, 0.1) is 12.7 Å². The number of anilines is 1. The molecule has 0 unspecified atom stereocenters. The van der Waals surface area contributed by atoms with Crippen LogP contribution in [0.15, 0.2) is 6.07 Å². The lowest BCUT2D eigenvalue weighted by Gasteiger charge is -2.20. The van der Waals surface area contributed by atoms with Crippen molar-refractivity contribution in [1.82, 2.24) is 0 Å². The van der Waals surface area contributed by atoms with Crippen molar-refractivity contribution in [1.29, 1.82) is 0 Å². The summed E-state index contributed by atoms with van der Waals surface area (Å²) >= 11 is 0. The molecule has 0 saturated heterocycles. The zero-order chi connectivity index (χ0) is 15.5. The lowest BCUT2D eigenvalue weighted by atomic mass is 10.1. The van der Waals surface area contributed by atoms with E-state index in [9.17, 15) is 18.4 Å². The van der Waals surface area contributed by atoms with Crippen molar-refractivity contribution in [3.63, 3.8) is 0 Å². The first-order chi connectivity index (χ1) is 9.19. The molecule has 0 heterocycles. The lowest BCUT2D eigenvalue weighted by Crippen LogP contribution is -2.28. The van der Waals surface area contributed by atoms with E-state index < -0.39 is 34.8 Å². The number of rotatable bonds is 3. The maximum atomic E-state index is 14.0. The van der Waals surface area contributed by atoms with E-state index in [0.29, 0.717) is 0 Å². The van der Waals surface area contributed by atoms with Crippen LogP contribution >= 0.6 is 0 Å². The number of hydrogen-bond donors (Lipinski definition) is 1. The number of hydrogen-bond acceptors (Lipinski definition) is 4. The van der Waals surface area contributed by atoms with Crippen LogP contribution in [-0.4, -0.2) is 25.1 Å². The number of methoxy groups -OCH3 is 1. The average Bonchev–Trinajstić information content (AvgIpc) is 2.31. The van der Waals surface area contributed by atoms with Gasteiger partial charge in [-0.05, 0) is 26.8 Å². The molecule has 0 aromatic heterocycles.